The van der Waals surface area contributed by atoms with Gasteiger partial charge >= 0.3 is 17.9 Å². The average molecular weight is 447 g/mol. The van der Waals surface area contributed by atoms with Gasteiger partial charge in [-0.1, -0.05) is 11.6 Å². The molecule has 3 fully saturated rings. The van der Waals surface area contributed by atoms with E-state index in [0.717, 1.165) is 44.9 Å². The highest BCUT2D eigenvalue weighted by Crippen LogP contribution is 2.60. The molecule has 7 atom stereocenters. The van der Waals surface area contributed by atoms with E-state index < -0.39 is 17.5 Å². The van der Waals surface area contributed by atoms with Crippen LogP contribution in [0.2, 0.25) is 0 Å². The monoisotopic (exact) mass is 446 g/mol. The van der Waals surface area contributed by atoms with Crippen LogP contribution < -0.4 is 0 Å². The molecule has 0 N–H and O–H groups in total. The fourth-order valence-electron chi connectivity index (χ4n) is 7.38. The number of carbonyl (C=O) groups is 4. The second-order valence-corrected chi connectivity index (χ2v) is 10.0. The zero-order valence-corrected chi connectivity index (χ0v) is 19.3. The fraction of sp³-hybridized carbons (Fsp3) is 0.760. The molecule has 7 heteroatoms. The summed E-state index contributed by atoms with van der Waals surface area (Å²) in [6.07, 6.45) is 9.09. The molecule has 32 heavy (non-hydrogen) atoms. The van der Waals surface area contributed by atoms with Crippen LogP contribution in [0.1, 0.15) is 65.2 Å². The predicted octanol–water partition coefficient (Wildman–Crippen LogP) is 3.39. The minimum Gasteiger partial charge on any atom is -0.469 e. The SMILES string of the molecule is COC(=O)[C@H]1CC[C@H]2C(=CC[C@H]3[C@H]2CC[C@H]2[C@H]3CC[C@]2(OC(C)=O)C(=O)COC(C)=O)C1. The van der Waals surface area contributed by atoms with Gasteiger partial charge in [-0.05, 0) is 75.0 Å². The molecule has 4 rings (SSSR count). The molecular weight excluding hydrogens is 412 g/mol. The van der Waals surface area contributed by atoms with Crippen LogP contribution >= 0.6 is 0 Å². The Morgan fingerprint density at radius 2 is 1.75 bits per heavy atom. The largest absolute Gasteiger partial charge is 0.469 e. The van der Waals surface area contributed by atoms with Gasteiger partial charge in [0.1, 0.15) is 0 Å². The summed E-state index contributed by atoms with van der Waals surface area (Å²) >= 11 is 0. The number of ketones is 1. The summed E-state index contributed by atoms with van der Waals surface area (Å²) in [5, 5.41) is 0. The normalized spacial score (nSPS) is 37.8. The van der Waals surface area contributed by atoms with Gasteiger partial charge in [-0.15, -0.1) is 0 Å². The zero-order chi connectivity index (χ0) is 23.0. The molecule has 3 saturated carbocycles. The smallest absolute Gasteiger partial charge is 0.308 e. The molecule has 0 aromatic rings. The number of allylic oxidation sites excluding steroid dienone is 2. The molecule has 176 valence electrons. The van der Waals surface area contributed by atoms with Gasteiger partial charge in [0.25, 0.3) is 0 Å². The third-order valence-corrected chi connectivity index (χ3v) is 8.57. The Balaban J connectivity index is 1.54. The van der Waals surface area contributed by atoms with Crippen molar-refractivity contribution in [1.82, 2.24) is 0 Å². The van der Waals surface area contributed by atoms with E-state index in [1.807, 2.05) is 0 Å². The fourth-order valence-corrected chi connectivity index (χ4v) is 7.38. The first-order valence-electron chi connectivity index (χ1n) is 11.9. The van der Waals surface area contributed by atoms with Crippen molar-refractivity contribution >= 4 is 23.7 Å². The van der Waals surface area contributed by atoms with E-state index >= 15 is 0 Å². The summed E-state index contributed by atoms with van der Waals surface area (Å²) < 4.78 is 15.7. The van der Waals surface area contributed by atoms with Crippen molar-refractivity contribution in [3.8, 4) is 0 Å². The van der Waals surface area contributed by atoms with E-state index in [2.05, 4.69) is 6.08 Å². The molecule has 7 nitrogen and oxygen atoms in total. The van der Waals surface area contributed by atoms with Crippen LogP contribution in [0.5, 0.6) is 0 Å². The highest BCUT2D eigenvalue weighted by Gasteiger charge is 2.60. The van der Waals surface area contributed by atoms with Gasteiger partial charge in [-0.3, -0.25) is 19.2 Å². The van der Waals surface area contributed by atoms with E-state index in [4.69, 9.17) is 14.2 Å². The van der Waals surface area contributed by atoms with E-state index in [1.165, 1.54) is 26.5 Å². The third kappa shape index (κ3) is 3.99. The Labute approximate surface area is 189 Å². The molecule has 0 aromatic heterocycles. The first-order chi connectivity index (χ1) is 15.3. The number of ether oxygens (including phenoxy) is 3. The number of hydrogen-bond acceptors (Lipinski definition) is 7. The quantitative estimate of drug-likeness (QED) is 0.363. The molecule has 0 amide bonds. The second kappa shape index (κ2) is 8.99. The average Bonchev–Trinajstić information content (AvgIpc) is 3.15. The van der Waals surface area contributed by atoms with Crippen LogP contribution in [-0.4, -0.2) is 43.0 Å². The van der Waals surface area contributed by atoms with Crippen molar-refractivity contribution in [2.75, 3.05) is 13.7 Å². The first kappa shape index (κ1) is 23.0. The number of fused-ring (bicyclic) bond motifs is 5. The van der Waals surface area contributed by atoms with Gasteiger partial charge < -0.3 is 14.2 Å². The molecular formula is C25H34O7. The summed E-state index contributed by atoms with van der Waals surface area (Å²) in [5.41, 5.74) is 0.227. The Morgan fingerprint density at radius 1 is 0.969 bits per heavy atom. The molecule has 0 heterocycles. The lowest BCUT2D eigenvalue weighted by Gasteiger charge is -2.50. The minimum absolute atomic E-state index is 0.0302. The molecule has 0 bridgehead atoms. The summed E-state index contributed by atoms with van der Waals surface area (Å²) in [7, 11) is 1.46. The number of carbonyl (C=O) groups excluding carboxylic acids is 4. The van der Waals surface area contributed by atoms with Crippen LogP contribution in [0.4, 0.5) is 0 Å². The van der Waals surface area contributed by atoms with E-state index in [9.17, 15) is 19.2 Å². The van der Waals surface area contributed by atoms with Crippen molar-refractivity contribution < 1.29 is 33.4 Å². The van der Waals surface area contributed by atoms with E-state index in [0.29, 0.717) is 30.1 Å². The second-order valence-electron chi connectivity index (χ2n) is 10.0. The van der Waals surface area contributed by atoms with Gasteiger partial charge in [-0.25, -0.2) is 0 Å². The molecule has 4 aliphatic rings. The molecule has 0 radical (unpaired) electrons. The topological polar surface area (TPSA) is 96.0 Å². The van der Waals surface area contributed by atoms with Crippen LogP contribution in [0.25, 0.3) is 0 Å². The van der Waals surface area contributed by atoms with Crippen LogP contribution in [0.3, 0.4) is 0 Å². The summed E-state index contributed by atoms with van der Waals surface area (Å²) in [4.78, 5) is 48.4. The lowest BCUT2D eigenvalue weighted by molar-refractivity contribution is -0.176. The number of esters is 3. The lowest BCUT2D eigenvalue weighted by Crippen LogP contribution is -2.52. The maximum atomic E-state index is 13.2. The summed E-state index contributed by atoms with van der Waals surface area (Å²) in [6, 6.07) is 0. The van der Waals surface area contributed by atoms with Crippen molar-refractivity contribution in [3.05, 3.63) is 11.6 Å². The standard InChI is InChI=1S/C25H34O7/c1-14(26)31-13-23(28)25(32-15(2)27)11-10-21-20-7-4-16-12-17(24(29)30-3)5-6-18(16)19(20)8-9-22(21)25/h4,17-22H,5-13H2,1-3H3/t17-,18-,19-,20-,21-,22-,25+/m0/s1. The maximum Gasteiger partial charge on any atom is 0.308 e. The lowest BCUT2D eigenvalue weighted by atomic mass is 9.55. The zero-order valence-electron chi connectivity index (χ0n) is 19.3. The van der Waals surface area contributed by atoms with E-state index in [-0.39, 0.29) is 30.2 Å². The predicted molar refractivity (Wildman–Crippen MR) is 114 cm³/mol. The van der Waals surface area contributed by atoms with Gasteiger partial charge in [0.15, 0.2) is 12.2 Å². The van der Waals surface area contributed by atoms with Crippen LogP contribution in [0.15, 0.2) is 11.6 Å². The van der Waals surface area contributed by atoms with Crippen molar-refractivity contribution in [2.45, 2.75) is 70.8 Å². The molecule has 0 unspecified atom stereocenters. The number of Topliss-reactive ketones (excluding diaryl/α,β-unsaturated/α-hetero) is 1. The summed E-state index contributed by atoms with van der Waals surface area (Å²) in [5.74, 6) is 0.375. The highest BCUT2D eigenvalue weighted by molar-refractivity contribution is 5.92. The van der Waals surface area contributed by atoms with Crippen molar-refractivity contribution in [3.63, 3.8) is 0 Å². The highest BCUT2D eigenvalue weighted by atomic mass is 16.6. The Kier molecular flexibility index (Phi) is 6.46. The van der Waals surface area contributed by atoms with Gasteiger partial charge in [0.05, 0.1) is 13.0 Å². The molecule has 0 aliphatic heterocycles. The van der Waals surface area contributed by atoms with Crippen LogP contribution in [-0.2, 0) is 33.4 Å². The number of methoxy groups -OCH3 is 1. The minimum atomic E-state index is -1.18. The van der Waals surface area contributed by atoms with Crippen LogP contribution in [0, 0.1) is 35.5 Å². The Bertz CT molecular complexity index is 830. The molecule has 0 saturated heterocycles. The third-order valence-electron chi connectivity index (χ3n) is 8.57. The molecule has 0 spiro atoms. The van der Waals surface area contributed by atoms with Gasteiger partial charge in [-0.2, -0.15) is 0 Å². The van der Waals surface area contributed by atoms with Gasteiger partial charge in [0, 0.05) is 19.8 Å². The van der Waals surface area contributed by atoms with Crippen molar-refractivity contribution in [1.29, 1.82) is 0 Å². The Morgan fingerprint density at radius 3 is 2.44 bits per heavy atom. The Hall–Kier alpha value is -2.18. The molecule has 0 aromatic carbocycles. The maximum absolute atomic E-state index is 13.2. The number of rotatable bonds is 5. The first-order valence-corrected chi connectivity index (χ1v) is 11.9. The van der Waals surface area contributed by atoms with Gasteiger partial charge in [0.2, 0.25) is 5.78 Å². The molecule has 4 aliphatic carbocycles. The summed E-state index contributed by atoms with van der Waals surface area (Å²) in [6.45, 7) is 2.27. The number of hydrogen-bond donors (Lipinski definition) is 0. The van der Waals surface area contributed by atoms with Crippen molar-refractivity contribution in [2.24, 2.45) is 35.5 Å². The van der Waals surface area contributed by atoms with E-state index in [1.54, 1.807) is 0 Å².